The van der Waals surface area contributed by atoms with Gasteiger partial charge in [0.25, 0.3) is 11.6 Å². The highest BCUT2D eigenvalue weighted by Gasteiger charge is 2.17. The molecule has 0 saturated heterocycles. The Morgan fingerprint density at radius 3 is 2.62 bits per heavy atom. The van der Waals surface area contributed by atoms with Crippen molar-refractivity contribution in [1.29, 1.82) is 0 Å². The maximum atomic E-state index is 12.0. The van der Waals surface area contributed by atoms with E-state index in [4.69, 9.17) is 9.47 Å². The number of nitrogens with zero attached hydrogens (tertiary/aromatic N) is 1. The fourth-order valence-corrected chi connectivity index (χ4v) is 2.09. The topological polar surface area (TPSA) is 90.7 Å². The van der Waals surface area contributed by atoms with Crippen LogP contribution < -0.4 is 14.8 Å². The van der Waals surface area contributed by atoms with Crippen molar-refractivity contribution in [3.63, 3.8) is 0 Å². The van der Waals surface area contributed by atoms with Crippen molar-refractivity contribution >= 4 is 17.3 Å². The number of hydrogen-bond acceptors (Lipinski definition) is 5. The first-order chi connectivity index (χ1) is 11.4. The Labute approximate surface area is 139 Å². The Kier molecular flexibility index (Phi) is 5.36. The first kappa shape index (κ1) is 17.3. The van der Waals surface area contributed by atoms with Crippen LogP contribution >= 0.6 is 0 Å². The summed E-state index contributed by atoms with van der Waals surface area (Å²) in [5.41, 5.74) is 1.77. The molecule has 24 heavy (non-hydrogen) atoms. The fraction of sp³-hybridized carbons (Fsp3) is 0.235. The van der Waals surface area contributed by atoms with Gasteiger partial charge in [-0.15, -0.1) is 0 Å². The fourth-order valence-electron chi connectivity index (χ4n) is 2.09. The number of ether oxygens (including phenoxy) is 2. The molecule has 0 unspecified atom stereocenters. The number of nitro benzene ring substituents is 1. The molecule has 0 fully saturated rings. The highest BCUT2D eigenvalue weighted by molar-refractivity contribution is 5.94. The van der Waals surface area contributed by atoms with Crippen molar-refractivity contribution in [2.45, 2.75) is 13.8 Å². The molecule has 0 saturated carbocycles. The lowest BCUT2D eigenvalue weighted by molar-refractivity contribution is -0.384. The van der Waals surface area contributed by atoms with Crippen LogP contribution in [0.2, 0.25) is 0 Å². The lowest BCUT2D eigenvalue weighted by atomic mass is 10.1. The number of rotatable bonds is 6. The van der Waals surface area contributed by atoms with Crippen LogP contribution in [0.15, 0.2) is 36.4 Å². The Morgan fingerprint density at radius 2 is 1.96 bits per heavy atom. The zero-order valence-electron chi connectivity index (χ0n) is 13.7. The van der Waals surface area contributed by atoms with Gasteiger partial charge in [-0.25, -0.2) is 0 Å². The van der Waals surface area contributed by atoms with Crippen molar-refractivity contribution in [3.05, 3.63) is 57.6 Å². The van der Waals surface area contributed by atoms with Gasteiger partial charge in [0, 0.05) is 0 Å². The van der Waals surface area contributed by atoms with Gasteiger partial charge in [-0.1, -0.05) is 12.1 Å². The summed E-state index contributed by atoms with van der Waals surface area (Å²) in [4.78, 5) is 22.5. The van der Waals surface area contributed by atoms with Crippen LogP contribution in [0.5, 0.6) is 11.5 Å². The van der Waals surface area contributed by atoms with Crippen LogP contribution in [0.3, 0.4) is 0 Å². The van der Waals surface area contributed by atoms with Crippen LogP contribution in [-0.2, 0) is 4.79 Å². The molecule has 0 aliphatic rings. The van der Waals surface area contributed by atoms with E-state index in [1.807, 2.05) is 32.0 Å². The molecule has 0 aromatic heterocycles. The van der Waals surface area contributed by atoms with Gasteiger partial charge in [0.2, 0.25) is 0 Å². The van der Waals surface area contributed by atoms with E-state index < -0.39 is 10.8 Å². The summed E-state index contributed by atoms with van der Waals surface area (Å²) in [7, 11) is 1.41. The van der Waals surface area contributed by atoms with E-state index in [0.29, 0.717) is 11.5 Å². The number of methoxy groups -OCH3 is 1. The monoisotopic (exact) mass is 330 g/mol. The van der Waals surface area contributed by atoms with E-state index in [-0.39, 0.29) is 18.0 Å². The van der Waals surface area contributed by atoms with Crippen LogP contribution in [0.1, 0.15) is 11.1 Å². The van der Waals surface area contributed by atoms with Crippen molar-refractivity contribution in [2.75, 3.05) is 19.0 Å². The van der Waals surface area contributed by atoms with Crippen molar-refractivity contribution < 1.29 is 19.2 Å². The molecule has 1 N–H and O–H groups in total. The predicted molar refractivity (Wildman–Crippen MR) is 89.7 cm³/mol. The molecule has 2 aromatic carbocycles. The second kappa shape index (κ2) is 7.45. The summed E-state index contributed by atoms with van der Waals surface area (Å²) in [6, 6.07) is 9.89. The molecule has 7 heteroatoms. The number of anilines is 1. The third-order valence-corrected chi connectivity index (χ3v) is 3.38. The molecular weight excluding hydrogens is 312 g/mol. The normalized spacial score (nSPS) is 10.1. The van der Waals surface area contributed by atoms with Gasteiger partial charge in [0.05, 0.1) is 18.1 Å². The number of benzene rings is 2. The summed E-state index contributed by atoms with van der Waals surface area (Å²) in [6.07, 6.45) is 0. The summed E-state index contributed by atoms with van der Waals surface area (Å²) in [5.74, 6) is 0.463. The molecule has 0 bridgehead atoms. The third-order valence-electron chi connectivity index (χ3n) is 3.38. The second-order valence-electron chi connectivity index (χ2n) is 5.25. The quantitative estimate of drug-likeness (QED) is 0.648. The lowest BCUT2D eigenvalue weighted by Crippen LogP contribution is -2.21. The van der Waals surface area contributed by atoms with Gasteiger partial charge in [-0.2, -0.15) is 0 Å². The summed E-state index contributed by atoms with van der Waals surface area (Å²) >= 11 is 0. The molecule has 0 heterocycles. The zero-order valence-corrected chi connectivity index (χ0v) is 13.7. The van der Waals surface area contributed by atoms with E-state index in [0.717, 1.165) is 11.1 Å². The molecule has 0 aliphatic heterocycles. The van der Waals surface area contributed by atoms with E-state index >= 15 is 0 Å². The molecule has 0 atom stereocenters. The minimum absolute atomic E-state index is 0.0929. The van der Waals surface area contributed by atoms with Gasteiger partial charge in [-0.3, -0.25) is 14.9 Å². The molecule has 1 amide bonds. The van der Waals surface area contributed by atoms with E-state index in [1.165, 1.54) is 25.3 Å². The van der Waals surface area contributed by atoms with Crippen LogP contribution in [0, 0.1) is 24.0 Å². The predicted octanol–water partition coefficient (Wildman–Crippen LogP) is 3.24. The minimum atomic E-state index is -0.580. The van der Waals surface area contributed by atoms with Gasteiger partial charge in [0.1, 0.15) is 17.2 Å². The minimum Gasteiger partial charge on any atom is -0.496 e. The maximum absolute atomic E-state index is 12.0. The van der Waals surface area contributed by atoms with E-state index in [9.17, 15) is 14.9 Å². The largest absolute Gasteiger partial charge is 0.496 e. The van der Waals surface area contributed by atoms with Crippen LogP contribution in [0.25, 0.3) is 0 Å². The van der Waals surface area contributed by atoms with Crippen molar-refractivity contribution in [3.8, 4) is 11.5 Å². The molecule has 126 valence electrons. The summed E-state index contributed by atoms with van der Waals surface area (Å²) in [5, 5.41) is 13.6. The number of carbonyl (C=O) groups is 1. The van der Waals surface area contributed by atoms with Gasteiger partial charge >= 0.3 is 0 Å². The number of amides is 1. The van der Waals surface area contributed by atoms with Crippen molar-refractivity contribution in [1.82, 2.24) is 0 Å². The van der Waals surface area contributed by atoms with Crippen LogP contribution in [-0.4, -0.2) is 24.5 Å². The SMILES string of the molecule is COc1ccc(NC(=O)COc2cc(C)ccc2C)c([N+](=O)[O-])c1. The number of nitrogens with one attached hydrogen (secondary N) is 1. The number of nitro groups is 1. The molecule has 2 aromatic rings. The Morgan fingerprint density at radius 1 is 1.21 bits per heavy atom. The third kappa shape index (κ3) is 4.22. The van der Waals surface area contributed by atoms with E-state index in [2.05, 4.69) is 5.32 Å². The maximum Gasteiger partial charge on any atom is 0.296 e. The summed E-state index contributed by atoms with van der Waals surface area (Å²) < 4.78 is 10.4. The Hall–Kier alpha value is -3.09. The molecule has 7 nitrogen and oxygen atoms in total. The second-order valence-corrected chi connectivity index (χ2v) is 5.25. The highest BCUT2D eigenvalue weighted by atomic mass is 16.6. The molecular formula is C17H18N2O5. The lowest BCUT2D eigenvalue weighted by Gasteiger charge is -2.11. The average Bonchev–Trinajstić information content (AvgIpc) is 2.55. The molecule has 0 radical (unpaired) electrons. The number of carbonyl (C=O) groups excluding carboxylic acids is 1. The molecule has 2 rings (SSSR count). The molecule has 0 spiro atoms. The highest BCUT2D eigenvalue weighted by Crippen LogP contribution is 2.29. The van der Waals surface area contributed by atoms with Crippen LogP contribution in [0.4, 0.5) is 11.4 Å². The van der Waals surface area contributed by atoms with Gasteiger partial charge in [-0.05, 0) is 43.2 Å². The van der Waals surface area contributed by atoms with E-state index in [1.54, 1.807) is 0 Å². The van der Waals surface area contributed by atoms with Crippen molar-refractivity contribution in [2.24, 2.45) is 0 Å². The Balaban J connectivity index is 2.07. The number of aryl methyl sites for hydroxylation is 2. The smallest absolute Gasteiger partial charge is 0.296 e. The Bertz CT molecular complexity index is 774. The van der Waals surface area contributed by atoms with Gasteiger partial charge < -0.3 is 14.8 Å². The molecule has 0 aliphatic carbocycles. The standard InChI is InChI=1S/C17H18N2O5/c1-11-4-5-12(2)16(8-11)24-10-17(20)18-14-7-6-13(23-3)9-15(14)19(21)22/h4-9H,10H2,1-3H3,(H,18,20). The zero-order chi connectivity index (χ0) is 17.7. The summed E-state index contributed by atoms with van der Waals surface area (Å²) in [6.45, 7) is 3.56. The number of hydrogen-bond donors (Lipinski definition) is 1. The average molecular weight is 330 g/mol. The first-order valence-corrected chi connectivity index (χ1v) is 7.23. The van der Waals surface area contributed by atoms with Gasteiger partial charge in [0.15, 0.2) is 6.61 Å². The first-order valence-electron chi connectivity index (χ1n) is 7.23.